The molecule has 0 radical (unpaired) electrons. The van der Waals surface area contributed by atoms with Gasteiger partial charge in [0.05, 0.1) is 10.9 Å². The predicted octanol–water partition coefficient (Wildman–Crippen LogP) is 4.06. The molecular formula is C23H32N2O6S. The summed E-state index contributed by atoms with van der Waals surface area (Å²) in [5.41, 5.74) is 1.54. The fraction of sp³-hybridized carbons (Fsp3) is 0.565. The maximum absolute atomic E-state index is 12.9. The van der Waals surface area contributed by atoms with Gasteiger partial charge in [-0.25, -0.2) is 13.2 Å². The van der Waals surface area contributed by atoms with Crippen molar-refractivity contribution >= 4 is 32.8 Å². The monoisotopic (exact) mass is 464 g/mol. The average molecular weight is 465 g/mol. The van der Waals surface area contributed by atoms with Crippen LogP contribution in [-0.2, 0) is 37.3 Å². The molecule has 1 aromatic heterocycles. The van der Waals surface area contributed by atoms with Gasteiger partial charge in [-0.15, -0.1) is 0 Å². The summed E-state index contributed by atoms with van der Waals surface area (Å²) in [6, 6.07) is 5.17. The van der Waals surface area contributed by atoms with Crippen molar-refractivity contribution < 1.29 is 27.5 Å². The fourth-order valence-electron chi connectivity index (χ4n) is 4.22. The number of hydrogen-bond acceptors (Lipinski definition) is 6. The number of fused-ring (bicyclic) bond motifs is 3. The van der Waals surface area contributed by atoms with Crippen molar-refractivity contribution in [2.24, 2.45) is 5.92 Å². The summed E-state index contributed by atoms with van der Waals surface area (Å²) in [5.74, 6) is -0.366. The Labute approximate surface area is 189 Å². The lowest BCUT2D eigenvalue weighted by Crippen LogP contribution is -2.46. The Hall–Kier alpha value is -2.55. The van der Waals surface area contributed by atoms with E-state index in [4.69, 9.17) is 9.47 Å². The maximum Gasteiger partial charge on any atom is 0.410 e. The molecule has 1 amide bonds. The molecule has 1 aliphatic rings. The molecule has 0 saturated carbocycles. The second kappa shape index (κ2) is 8.42. The number of carbonyl (C=O) groups is 2. The van der Waals surface area contributed by atoms with Gasteiger partial charge in [-0.05, 0) is 44.9 Å². The van der Waals surface area contributed by atoms with E-state index in [2.05, 4.69) is 4.57 Å². The number of rotatable bonds is 4. The zero-order valence-corrected chi connectivity index (χ0v) is 20.6. The van der Waals surface area contributed by atoms with Gasteiger partial charge in [-0.2, -0.15) is 0 Å². The number of hydrogen-bond donors (Lipinski definition) is 0. The largest absolute Gasteiger partial charge is 0.461 e. The summed E-state index contributed by atoms with van der Waals surface area (Å²) in [6.45, 7) is 11.8. The maximum atomic E-state index is 12.9. The van der Waals surface area contributed by atoms with E-state index in [1.807, 2.05) is 40.7 Å². The van der Waals surface area contributed by atoms with Gasteiger partial charge in [-0.1, -0.05) is 13.8 Å². The number of ether oxygens (including phenoxy) is 2. The Morgan fingerprint density at radius 3 is 2.34 bits per heavy atom. The summed E-state index contributed by atoms with van der Waals surface area (Å²) in [7, 11) is -3.54. The lowest BCUT2D eigenvalue weighted by molar-refractivity contribution is -0.142. The van der Waals surface area contributed by atoms with E-state index < -0.39 is 21.4 Å². The third-order valence-electron chi connectivity index (χ3n) is 5.41. The summed E-state index contributed by atoms with van der Waals surface area (Å²) in [5, 5.41) is 0.839. The highest BCUT2D eigenvalue weighted by atomic mass is 32.2. The van der Waals surface area contributed by atoms with Crippen molar-refractivity contribution in [3.63, 3.8) is 0 Å². The molecule has 176 valence electrons. The molecule has 0 unspecified atom stereocenters. The van der Waals surface area contributed by atoms with Crippen LogP contribution in [0.2, 0.25) is 0 Å². The lowest BCUT2D eigenvalue weighted by Gasteiger charge is -2.40. The Morgan fingerprint density at radius 1 is 1.16 bits per heavy atom. The van der Waals surface area contributed by atoms with Gasteiger partial charge >= 0.3 is 12.1 Å². The van der Waals surface area contributed by atoms with Crippen LogP contribution in [0.3, 0.4) is 0 Å². The zero-order valence-electron chi connectivity index (χ0n) is 19.8. The number of aromatic nitrogens is 1. The minimum atomic E-state index is -3.54. The molecule has 0 N–H and O–H groups in total. The quantitative estimate of drug-likeness (QED) is 0.634. The minimum Gasteiger partial charge on any atom is -0.461 e. The van der Waals surface area contributed by atoms with E-state index >= 15 is 0 Å². The summed E-state index contributed by atoms with van der Waals surface area (Å²) >= 11 is 0. The van der Waals surface area contributed by atoms with Gasteiger partial charge in [0.1, 0.15) is 12.2 Å². The molecular weight excluding hydrogens is 432 g/mol. The van der Waals surface area contributed by atoms with Crippen LogP contribution in [0.25, 0.3) is 10.9 Å². The number of carbonyl (C=O) groups excluding carboxylic acids is 2. The second-order valence-electron chi connectivity index (χ2n) is 9.65. The summed E-state index contributed by atoms with van der Waals surface area (Å²) in [4.78, 5) is 26.1. The molecule has 0 aliphatic carbocycles. The van der Waals surface area contributed by atoms with E-state index in [1.54, 1.807) is 17.0 Å². The molecule has 8 nitrogen and oxygen atoms in total. The van der Waals surface area contributed by atoms with Crippen LogP contribution >= 0.6 is 0 Å². The van der Waals surface area contributed by atoms with Gasteiger partial charge in [0, 0.05) is 48.4 Å². The molecule has 3 rings (SSSR count). The van der Waals surface area contributed by atoms with Gasteiger partial charge in [0.2, 0.25) is 0 Å². The number of amides is 1. The molecule has 32 heavy (non-hydrogen) atoms. The van der Waals surface area contributed by atoms with Crippen LogP contribution < -0.4 is 0 Å². The van der Waals surface area contributed by atoms with E-state index in [9.17, 15) is 18.0 Å². The highest BCUT2D eigenvalue weighted by molar-refractivity contribution is 7.90. The van der Waals surface area contributed by atoms with Gasteiger partial charge in [0.25, 0.3) is 0 Å². The number of benzene rings is 1. The Bertz CT molecular complexity index is 1160. The van der Waals surface area contributed by atoms with Crippen molar-refractivity contribution in [2.45, 2.75) is 71.2 Å². The van der Waals surface area contributed by atoms with E-state index in [0.717, 1.165) is 22.9 Å². The summed E-state index contributed by atoms with van der Waals surface area (Å²) in [6.07, 6.45) is 0.784. The topological polar surface area (TPSA) is 94.9 Å². The fourth-order valence-corrected chi connectivity index (χ4v) is 5.14. The standard InChI is InChI=1S/C23H32N2O6S/c1-14(2)21-19-11-16-10-17(13-30-15(3)26)20(32(7,28)29)12-18(16)24(19)8-9-25(21)22(27)31-23(4,5)6/h10-12,14,21H,8-9,13H2,1-7H3/t21-/m1/s1. The Balaban J connectivity index is 2.13. The molecule has 0 bridgehead atoms. The first-order chi connectivity index (χ1) is 14.7. The third kappa shape index (κ3) is 4.92. The molecule has 1 aliphatic heterocycles. The van der Waals surface area contributed by atoms with Crippen molar-refractivity contribution in [3.05, 3.63) is 29.5 Å². The second-order valence-corrected chi connectivity index (χ2v) is 11.6. The van der Waals surface area contributed by atoms with Gasteiger partial charge < -0.3 is 14.0 Å². The highest BCUT2D eigenvalue weighted by Crippen LogP contribution is 2.38. The predicted molar refractivity (Wildman–Crippen MR) is 121 cm³/mol. The lowest BCUT2D eigenvalue weighted by atomic mass is 9.97. The summed E-state index contributed by atoms with van der Waals surface area (Å²) < 4.78 is 37.7. The molecule has 9 heteroatoms. The van der Waals surface area contributed by atoms with Crippen molar-refractivity contribution in [1.29, 1.82) is 0 Å². The number of sulfone groups is 1. The van der Waals surface area contributed by atoms with Crippen LogP contribution in [0.4, 0.5) is 4.79 Å². The molecule has 0 saturated heterocycles. The first-order valence-corrected chi connectivity index (χ1v) is 12.6. The zero-order chi connectivity index (χ0) is 24.0. The van der Waals surface area contributed by atoms with Crippen LogP contribution in [0.15, 0.2) is 23.1 Å². The SMILES string of the molecule is CC(=O)OCc1cc2cc3n(c2cc1S(C)(=O)=O)CCN(C(=O)OC(C)(C)C)[C@@H]3C(C)C. The van der Waals surface area contributed by atoms with Crippen molar-refractivity contribution in [1.82, 2.24) is 9.47 Å². The minimum absolute atomic E-state index is 0.112. The van der Waals surface area contributed by atoms with Crippen LogP contribution in [0.1, 0.15) is 58.8 Å². The van der Waals surface area contributed by atoms with Gasteiger partial charge in [-0.3, -0.25) is 9.69 Å². The van der Waals surface area contributed by atoms with Crippen molar-refractivity contribution in [3.8, 4) is 0 Å². The smallest absolute Gasteiger partial charge is 0.410 e. The van der Waals surface area contributed by atoms with Crippen molar-refractivity contribution in [2.75, 3.05) is 12.8 Å². The molecule has 2 aromatic rings. The third-order valence-corrected chi connectivity index (χ3v) is 6.59. The molecule has 0 spiro atoms. The van der Waals surface area contributed by atoms with E-state index in [0.29, 0.717) is 18.7 Å². The molecule has 1 atom stereocenters. The van der Waals surface area contributed by atoms with Gasteiger partial charge in [0.15, 0.2) is 9.84 Å². The number of esters is 1. The van der Waals surface area contributed by atoms with E-state index in [1.165, 1.54) is 6.92 Å². The first kappa shape index (κ1) is 24.1. The van der Waals surface area contributed by atoms with Crippen LogP contribution in [0, 0.1) is 5.92 Å². The first-order valence-electron chi connectivity index (χ1n) is 10.7. The number of nitrogens with zero attached hydrogens (tertiary/aromatic N) is 2. The van der Waals surface area contributed by atoms with E-state index in [-0.39, 0.29) is 29.6 Å². The molecule has 0 fully saturated rings. The van der Waals surface area contributed by atoms with Crippen LogP contribution in [0.5, 0.6) is 0 Å². The molecule has 2 heterocycles. The highest BCUT2D eigenvalue weighted by Gasteiger charge is 2.36. The average Bonchev–Trinajstić information content (AvgIpc) is 2.99. The Kier molecular flexibility index (Phi) is 6.34. The van der Waals surface area contributed by atoms with Crippen LogP contribution in [-0.4, -0.2) is 48.3 Å². The molecule has 1 aromatic carbocycles. The Morgan fingerprint density at radius 2 is 1.81 bits per heavy atom. The normalized spacial score (nSPS) is 16.9.